The second-order valence-electron chi connectivity index (χ2n) is 9.63. The molecule has 0 amide bonds. The van der Waals surface area contributed by atoms with Crippen molar-refractivity contribution in [2.24, 2.45) is 0 Å². The normalized spacial score (nSPS) is 14.3. The highest BCUT2D eigenvalue weighted by Gasteiger charge is 2.31. The molecule has 8 nitrogen and oxygen atoms in total. The number of fused-ring (bicyclic) bond motifs is 1. The maximum absolute atomic E-state index is 13.7. The molecule has 0 bridgehead atoms. The van der Waals surface area contributed by atoms with Gasteiger partial charge in [0.2, 0.25) is 11.8 Å². The summed E-state index contributed by atoms with van der Waals surface area (Å²) in [7, 11) is 0. The number of anilines is 1. The van der Waals surface area contributed by atoms with Crippen molar-refractivity contribution in [3.8, 4) is 22.6 Å². The molecule has 3 heterocycles. The van der Waals surface area contributed by atoms with Gasteiger partial charge < -0.3 is 20.0 Å². The molecule has 5 rings (SSSR count). The monoisotopic (exact) mass is 537 g/mol. The lowest BCUT2D eigenvalue weighted by atomic mass is 10.1. The van der Waals surface area contributed by atoms with Crippen LogP contribution in [0.25, 0.3) is 22.6 Å². The number of aromatic nitrogens is 4. The molecule has 1 aliphatic rings. The Balaban J connectivity index is 1.40. The van der Waals surface area contributed by atoms with Crippen molar-refractivity contribution < 1.29 is 9.13 Å². The fourth-order valence-electron chi connectivity index (χ4n) is 4.74. The van der Waals surface area contributed by atoms with E-state index in [9.17, 15) is 4.39 Å². The molecule has 204 valence electrons. The van der Waals surface area contributed by atoms with E-state index in [1.807, 2.05) is 36.4 Å². The van der Waals surface area contributed by atoms with Crippen LogP contribution in [0.5, 0.6) is 0 Å². The van der Waals surface area contributed by atoms with Crippen LogP contribution in [0.15, 0.2) is 79.0 Å². The molecule has 0 fully saturated rings. The van der Waals surface area contributed by atoms with Crippen molar-refractivity contribution in [1.29, 1.82) is 10.8 Å². The van der Waals surface area contributed by atoms with Gasteiger partial charge in [-0.2, -0.15) is 0 Å². The van der Waals surface area contributed by atoms with Crippen molar-refractivity contribution in [2.45, 2.75) is 38.6 Å². The fraction of sp³-hybridized carbons (Fsp3) is 0.258. The summed E-state index contributed by atoms with van der Waals surface area (Å²) in [6, 6.07) is 17.5. The second kappa shape index (κ2) is 12.5. The number of nitrogens with one attached hydrogen (secondary N) is 3. The molecular weight excluding hydrogens is 505 g/mol. The number of aryl methyl sites for hydroxylation is 1. The van der Waals surface area contributed by atoms with E-state index in [1.54, 1.807) is 24.4 Å². The average Bonchev–Trinajstić information content (AvgIpc) is 3.55. The van der Waals surface area contributed by atoms with Crippen molar-refractivity contribution in [1.82, 2.24) is 19.5 Å². The number of unbranched alkanes of at least 4 members (excludes halogenated alkanes) is 1. The van der Waals surface area contributed by atoms with Gasteiger partial charge in [0.05, 0.1) is 28.8 Å². The zero-order chi connectivity index (χ0) is 27.9. The average molecular weight is 538 g/mol. The maximum atomic E-state index is 13.7. The smallest absolute Gasteiger partial charge is 0.223 e. The zero-order valence-electron chi connectivity index (χ0n) is 22.4. The Morgan fingerprint density at radius 2 is 1.88 bits per heavy atom. The molecular formula is C31H32FN7O. The highest BCUT2D eigenvalue weighted by molar-refractivity contribution is 6.08. The summed E-state index contributed by atoms with van der Waals surface area (Å²) in [4.78, 5) is 14.1. The third-order valence-corrected chi connectivity index (χ3v) is 6.80. The number of benzene rings is 2. The van der Waals surface area contributed by atoms with Crippen molar-refractivity contribution in [3.63, 3.8) is 0 Å². The summed E-state index contributed by atoms with van der Waals surface area (Å²) in [5.74, 6) is 1.12. The molecule has 1 aliphatic heterocycles. The molecule has 0 saturated heterocycles. The number of rotatable bonds is 11. The van der Waals surface area contributed by atoms with E-state index in [0.717, 1.165) is 60.6 Å². The predicted molar refractivity (Wildman–Crippen MR) is 155 cm³/mol. The first-order chi connectivity index (χ1) is 19.5. The van der Waals surface area contributed by atoms with Crippen LogP contribution in [0.1, 0.15) is 43.6 Å². The largest absolute Gasteiger partial charge is 0.476 e. The lowest BCUT2D eigenvalue weighted by Crippen LogP contribution is -2.16. The molecule has 2 aromatic carbocycles. The molecule has 9 heteroatoms. The van der Waals surface area contributed by atoms with Crippen LogP contribution in [0.3, 0.4) is 0 Å². The quantitative estimate of drug-likeness (QED) is 0.115. The Bertz CT molecular complexity index is 1510. The highest BCUT2D eigenvalue weighted by atomic mass is 19.1. The second-order valence-corrected chi connectivity index (χ2v) is 9.63. The van der Waals surface area contributed by atoms with Crippen molar-refractivity contribution >= 4 is 17.6 Å². The molecule has 0 spiro atoms. The minimum absolute atomic E-state index is 0.0148. The fourth-order valence-corrected chi connectivity index (χ4v) is 4.74. The van der Waals surface area contributed by atoms with Gasteiger partial charge in [-0.3, -0.25) is 5.41 Å². The molecule has 0 saturated carbocycles. The van der Waals surface area contributed by atoms with Crippen molar-refractivity contribution in [3.05, 3.63) is 96.2 Å². The number of imidazole rings is 1. The van der Waals surface area contributed by atoms with Crippen LogP contribution in [0.2, 0.25) is 0 Å². The van der Waals surface area contributed by atoms with Crippen LogP contribution in [0.4, 0.5) is 10.3 Å². The van der Waals surface area contributed by atoms with Crippen LogP contribution in [0, 0.1) is 16.6 Å². The summed E-state index contributed by atoms with van der Waals surface area (Å²) < 4.78 is 21.7. The van der Waals surface area contributed by atoms with Gasteiger partial charge in [-0.15, -0.1) is 0 Å². The summed E-state index contributed by atoms with van der Waals surface area (Å²) in [5.41, 5.74) is 4.14. The third-order valence-electron chi connectivity index (χ3n) is 6.80. The Morgan fingerprint density at radius 3 is 2.65 bits per heavy atom. The molecule has 4 aromatic rings. The first-order valence-corrected chi connectivity index (χ1v) is 13.5. The van der Waals surface area contributed by atoms with E-state index in [2.05, 4.69) is 21.8 Å². The molecule has 1 atom stereocenters. The summed E-state index contributed by atoms with van der Waals surface area (Å²) in [5, 5.41) is 19.8. The first kappa shape index (κ1) is 26.9. The zero-order valence-corrected chi connectivity index (χ0v) is 22.4. The third kappa shape index (κ3) is 6.14. The van der Waals surface area contributed by atoms with Gasteiger partial charge in [-0.1, -0.05) is 43.7 Å². The lowest BCUT2D eigenvalue weighted by Gasteiger charge is -2.18. The van der Waals surface area contributed by atoms with Crippen LogP contribution in [-0.2, 0) is 11.2 Å². The van der Waals surface area contributed by atoms with E-state index in [0.29, 0.717) is 17.4 Å². The van der Waals surface area contributed by atoms with E-state index < -0.39 is 0 Å². The summed E-state index contributed by atoms with van der Waals surface area (Å²) in [6.45, 7) is 3.19. The summed E-state index contributed by atoms with van der Waals surface area (Å²) in [6.07, 6.45) is 8.44. The number of nitrogens with zero attached hydrogens (tertiary/aromatic N) is 4. The molecule has 0 aliphatic carbocycles. The minimum atomic E-state index is -0.306. The standard InChI is InChI=1S/C31H32FN7O/c1-2-3-18-35-31-36-19-17-26(37-31)30-29(22-9-11-23(32)12-10-22)38-28-16-13-24(39(28)30)20-40-27(34)15-14-25(33)21-7-5-4-6-8-21/h4-12,14-15,17,19,24,33-34H,2-3,13,16,18,20H2,1H3,(H,35,36,37)/b15-14-,33-25?,34-27?. The van der Waals surface area contributed by atoms with Gasteiger partial charge in [0.25, 0.3) is 0 Å². The number of halogens is 1. The van der Waals surface area contributed by atoms with E-state index >= 15 is 0 Å². The Kier molecular flexibility index (Phi) is 8.39. The van der Waals surface area contributed by atoms with E-state index in [-0.39, 0.29) is 24.4 Å². The Labute approximate surface area is 233 Å². The SMILES string of the molecule is CCCCNc1nccc(-c2c(-c3ccc(F)cc3)nc3n2C(COC(=N)/C=C\C(=N)c2ccccc2)CC3)n1. The van der Waals surface area contributed by atoms with Crippen LogP contribution < -0.4 is 5.32 Å². The number of hydrogen-bond donors (Lipinski definition) is 3. The molecule has 40 heavy (non-hydrogen) atoms. The highest BCUT2D eigenvalue weighted by Crippen LogP contribution is 2.39. The van der Waals surface area contributed by atoms with E-state index in [4.69, 9.17) is 25.5 Å². The Hall–Kier alpha value is -4.66. The topological polar surface area (TPSA) is 113 Å². The maximum Gasteiger partial charge on any atom is 0.223 e. The number of allylic oxidation sites excluding steroid dienone is 1. The van der Waals surface area contributed by atoms with Gasteiger partial charge in [-0.05, 0) is 54.8 Å². The minimum Gasteiger partial charge on any atom is -0.476 e. The van der Waals surface area contributed by atoms with Gasteiger partial charge in [0.1, 0.15) is 18.2 Å². The molecule has 1 unspecified atom stereocenters. The predicted octanol–water partition coefficient (Wildman–Crippen LogP) is 6.46. The lowest BCUT2D eigenvalue weighted by molar-refractivity contribution is 0.244. The molecule has 2 aromatic heterocycles. The van der Waals surface area contributed by atoms with Gasteiger partial charge in [-0.25, -0.2) is 19.3 Å². The van der Waals surface area contributed by atoms with Gasteiger partial charge in [0, 0.05) is 30.8 Å². The number of hydrogen-bond acceptors (Lipinski definition) is 7. The van der Waals surface area contributed by atoms with Crippen LogP contribution in [-0.4, -0.2) is 44.3 Å². The molecule has 3 N–H and O–H groups in total. The Morgan fingerprint density at radius 1 is 1.07 bits per heavy atom. The van der Waals surface area contributed by atoms with Gasteiger partial charge >= 0.3 is 0 Å². The van der Waals surface area contributed by atoms with Crippen LogP contribution >= 0.6 is 0 Å². The van der Waals surface area contributed by atoms with Gasteiger partial charge in [0.15, 0.2) is 0 Å². The summed E-state index contributed by atoms with van der Waals surface area (Å²) >= 11 is 0. The first-order valence-electron chi connectivity index (χ1n) is 13.5. The van der Waals surface area contributed by atoms with E-state index in [1.165, 1.54) is 18.2 Å². The number of ether oxygens (including phenoxy) is 1. The van der Waals surface area contributed by atoms with Crippen molar-refractivity contribution in [2.75, 3.05) is 18.5 Å². The molecule has 0 radical (unpaired) electrons.